The molecule has 7 nitrogen and oxygen atoms in total. The molecule has 2 aliphatic rings. The van der Waals surface area contributed by atoms with Crippen molar-refractivity contribution >= 4 is 24.3 Å². The summed E-state index contributed by atoms with van der Waals surface area (Å²) in [6.07, 6.45) is 2.98. The van der Waals surface area contributed by atoms with E-state index in [1.165, 1.54) is 33.4 Å². The zero-order chi connectivity index (χ0) is 19.9. The highest BCUT2D eigenvalue weighted by molar-refractivity contribution is 5.85. The molecule has 0 radical (unpaired) electrons. The van der Waals surface area contributed by atoms with Crippen LogP contribution in [0.5, 0.6) is 0 Å². The molecule has 8 heteroatoms. The minimum Gasteiger partial charge on any atom is -0.355 e. The molecule has 2 aliphatic heterocycles. The van der Waals surface area contributed by atoms with Gasteiger partial charge < -0.3 is 27.0 Å². The molecule has 0 unspecified atom stereocenters. The van der Waals surface area contributed by atoms with Gasteiger partial charge in [0, 0.05) is 32.7 Å². The number of hydrogen-bond donors (Lipinski definition) is 5. The third-order valence-electron chi connectivity index (χ3n) is 5.66. The van der Waals surface area contributed by atoms with Crippen molar-refractivity contribution in [1.82, 2.24) is 21.3 Å². The van der Waals surface area contributed by atoms with Gasteiger partial charge in [0.15, 0.2) is 11.9 Å². The Balaban J connectivity index is 0.00000300. The molecule has 0 aliphatic carbocycles. The van der Waals surface area contributed by atoms with Crippen LogP contribution >= 0.6 is 12.4 Å². The Bertz CT molecular complexity index is 701. The van der Waals surface area contributed by atoms with Gasteiger partial charge in [-0.15, -0.1) is 12.4 Å². The highest BCUT2D eigenvalue weighted by Crippen LogP contribution is 2.30. The van der Waals surface area contributed by atoms with Crippen LogP contribution < -0.4 is 27.0 Å². The van der Waals surface area contributed by atoms with E-state index in [2.05, 4.69) is 52.0 Å². The Labute approximate surface area is 180 Å². The molecule has 0 atom stereocenters. The van der Waals surface area contributed by atoms with Crippen molar-refractivity contribution in [2.24, 2.45) is 15.7 Å². The van der Waals surface area contributed by atoms with Gasteiger partial charge in [-0.1, -0.05) is 20.8 Å². The topological polar surface area (TPSA) is 98.9 Å². The van der Waals surface area contributed by atoms with Crippen molar-refractivity contribution in [2.75, 3.05) is 26.2 Å². The molecule has 0 fully saturated rings. The van der Waals surface area contributed by atoms with E-state index in [4.69, 9.17) is 5.73 Å². The van der Waals surface area contributed by atoms with Crippen molar-refractivity contribution in [3.05, 3.63) is 33.4 Å². The first-order chi connectivity index (χ1) is 13.7. The minimum atomic E-state index is 0. The lowest BCUT2D eigenvalue weighted by Gasteiger charge is -2.26. The Hall–Kier alpha value is -1.99. The summed E-state index contributed by atoms with van der Waals surface area (Å²) >= 11 is 0. The van der Waals surface area contributed by atoms with Crippen LogP contribution in [0.25, 0.3) is 0 Å². The third-order valence-corrected chi connectivity index (χ3v) is 5.66. The van der Waals surface area contributed by atoms with E-state index < -0.39 is 0 Å². The van der Waals surface area contributed by atoms with Crippen LogP contribution in [-0.2, 0) is 38.9 Å². The van der Waals surface area contributed by atoms with Crippen LogP contribution in [0, 0.1) is 0 Å². The van der Waals surface area contributed by atoms with E-state index in [9.17, 15) is 0 Å². The van der Waals surface area contributed by atoms with Gasteiger partial charge in [0.05, 0.1) is 13.1 Å². The summed E-state index contributed by atoms with van der Waals surface area (Å²) in [5, 5.41) is 13.6. The molecule has 3 rings (SSSR count). The zero-order valence-corrected chi connectivity index (χ0v) is 18.8. The van der Waals surface area contributed by atoms with Gasteiger partial charge in [0.2, 0.25) is 0 Å². The van der Waals surface area contributed by atoms with E-state index in [0.29, 0.717) is 6.54 Å². The number of rotatable bonds is 8. The van der Waals surface area contributed by atoms with Gasteiger partial charge in [0.25, 0.3) is 0 Å². The van der Waals surface area contributed by atoms with Gasteiger partial charge in [-0.25, -0.2) is 0 Å². The second-order valence-electron chi connectivity index (χ2n) is 7.16. The first kappa shape index (κ1) is 23.3. The van der Waals surface area contributed by atoms with Crippen LogP contribution in [0.4, 0.5) is 0 Å². The average molecular weight is 422 g/mol. The molecule has 1 aromatic rings. The number of nitrogens with one attached hydrogen (secondary N) is 4. The van der Waals surface area contributed by atoms with Crippen molar-refractivity contribution in [3.8, 4) is 0 Å². The van der Waals surface area contributed by atoms with Crippen LogP contribution in [0.1, 0.15) is 54.2 Å². The highest BCUT2D eigenvalue weighted by atomic mass is 35.5. The second-order valence-corrected chi connectivity index (χ2v) is 7.16. The molecule has 0 saturated carbocycles. The summed E-state index contributed by atoms with van der Waals surface area (Å²) in [6.45, 7) is 12.4. The summed E-state index contributed by atoms with van der Waals surface area (Å²) < 4.78 is 0. The minimum absolute atomic E-state index is 0. The second kappa shape index (κ2) is 11.3. The molecule has 2 heterocycles. The summed E-state index contributed by atoms with van der Waals surface area (Å²) in [6, 6.07) is 0. The normalized spacial score (nSPS) is 15.2. The summed E-state index contributed by atoms with van der Waals surface area (Å²) in [4.78, 5) is 8.97. The van der Waals surface area contributed by atoms with Gasteiger partial charge in [-0.2, -0.15) is 0 Å². The fraction of sp³-hybridized carbons (Fsp3) is 0.619. The van der Waals surface area contributed by atoms with Crippen molar-refractivity contribution in [1.29, 1.82) is 0 Å². The monoisotopic (exact) mass is 421 g/mol. The molecular formula is C21H36ClN7. The largest absolute Gasteiger partial charge is 0.355 e. The lowest BCUT2D eigenvalue weighted by molar-refractivity contribution is 0.786. The van der Waals surface area contributed by atoms with Crippen LogP contribution in [0.3, 0.4) is 0 Å². The SMILES string of the molecule is CCc1c(CN)c(CC)c(CNC2=NCCN2)c(CC)c1CNC1=NCCN1.Cl. The van der Waals surface area contributed by atoms with Crippen molar-refractivity contribution in [3.63, 3.8) is 0 Å². The lowest BCUT2D eigenvalue weighted by Crippen LogP contribution is -2.35. The van der Waals surface area contributed by atoms with Gasteiger partial charge in [-0.05, 0) is 52.6 Å². The number of nitrogens with two attached hydrogens (primary N) is 1. The van der Waals surface area contributed by atoms with Crippen LogP contribution in [0.2, 0.25) is 0 Å². The predicted octanol–water partition coefficient (Wildman–Crippen LogP) is 1.35. The standard InChI is InChI=1S/C21H35N7.ClH/c1-4-14-17(11-22)15(5-2)19(13-28-21-25-9-10-26-21)16(6-3)18(14)12-27-20-23-7-8-24-20;/h4-13,22H2,1-3H3,(H2,23,24,27)(H2,25,26,28);1H. The van der Waals surface area contributed by atoms with E-state index in [1.807, 2.05) is 0 Å². The number of guanidine groups is 2. The summed E-state index contributed by atoms with van der Waals surface area (Å²) in [7, 11) is 0. The molecule has 29 heavy (non-hydrogen) atoms. The zero-order valence-electron chi connectivity index (χ0n) is 18.0. The Morgan fingerprint density at radius 2 is 1.14 bits per heavy atom. The Morgan fingerprint density at radius 1 is 0.724 bits per heavy atom. The highest BCUT2D eigenvalue weighted by Gasteiger charge is 2.21. The fourth-order valence-electron chi connectivity index (χ4n) is 4.42. The molecule has 0 spiro atoms. The predicted molar refractivity (Wildman–Crippen MR) is 124 cm³/mol. The number of hydrogen-bond acceptors (Lipinski definition) is 7. The average Bonchev–Trinajstić information content (AvgIpc) is 3.43. The van der Waals surface area contributed by atoms with Crippen molar-refractivity contribution in [2.45, 2.75) is 59.7 Å². The molecule has 6 N–H and O–H groups in total. The summed E-state index contributed by atoms with van der Waals surface area (Å²) in [5.41, 5.74) is 14.6. The maximum Gasteiger partial charge on any atom is 0.191 e. The Kier molecular flexibility index (Phi) is 9.04. The van der Waals surface area contributed by atoms with Crippen molar-refractivity contribution < 1.29 is 0 Å². The first-order valence-corrected chi connectivity index (χ1v) is 10.6. The van der Waals surface area contributed by atoms with Crippen LogP contribution in [0.15, 0.2) is 9.98 Å². The third kappa shape index (κ3) is 5.14. The van der Waals surface area contributed by atoms with E-state index >= 15 is 0 Å². The molecule has 0 amide bonds. The molecule has 162 valence electrons. The summed E-state index contributed by atoms with van der Waals surface area (Å²) in [5.74, 6) is 1.81. The van der Waals surface area contributed by atoms with E-state index in [-0.39, 0.29) is 12.4 Å². The van der Waals surface area contributed by atoms with E-state index in [0.717, 1.165) is 70.5 Å². The number of halogens is 1. The van der Waals surface area contributed by atoms with Crippen LogP contribution in [-0.4, -0.2) is 38.1 Å². The van der Waals surface area contributed by atoms with Gasteiger partial charge in [-0.3, -0.25) is 9.98 Å². The number of benzene rings is 1. The maximum absolute atomic E-state index is 6.26. The first-order valence-electron chi connectivity index (χ1n) is 10.6. The number of aliphatic imine (C=N–C) groups is 2. The smallest absolute Gasteiger partial charge is 0.191 e. The van der Waals surface area contributed by atoms with E-state index in [1.54, 1.807) is 0 Å². The quantitative estimate of drug-likeness (QED) is 0.436. The lowest BCUT2D eigenvalue weighted by atomic mass is 9.83. The van der Waals surface area contributed by atoms with Gasteiger partial charge >= 0.3 is 0 Å². The Morgan fingerprint density at radius 3 is 1.45 bits per heavy atom. The molecule has 0 aromatic heterocycles. The molecule has 0 saturated heterocycles. The van der Waals surface area contributed by atoms with Gasteiger partial charge in [0.1, 0.15) is 0 Å². The maximum atomic E-state index is 6.26. The number of nitrogens with zero attached hydrogens (tertiary/aromatic N) is 2. The molecule has 0 bridgehead atoms. The molecule has 1 aromatic carbocycles. The molecular weight excluding hydrogens is 386 g/mol. The fourth-order valence-corrected chi connectivity index (χ4v) is 4.42.